The van der Waals surface area contributed by atoms with Crippen molar-refractivity contribution in [1.29, 1.82) is 0 Å². The normalized spacial score (nSPS) is 15.2. The first-order valence-electron chi connectivity index (χ1n) is 11.2. The second kappa shape index (κ2) is 10.5. The Balaban J connectivity index is 1.70. The number of benzene rings is 2. The first kappa shape index (κ1) is 22.2. The van der Waals surface area contributed by atoms with Crippen molar-refractivity contribution in [2.75, 3.05) is 7.11 Å². The van der Waals surface area contributed by atoms with Gasteiger partial charge < -0.3 is 14.8 Å². The third-order valence-electron chi connectivity index (χ3n) is 5.80. The molecule has 2 atom stereocenters. The molecule has 0 aliphatic heterocycles. The number of methoxy groups -OCH3 is 1. The topological polar surface area (TPSA) is 47.6 Å². The summed E-state index contributed by atoms with van der Waals surface area (Å²) in [6, 6.07) is 14.2. The molecule has 30 heavy (non-hydrogen) atoms. The molecule has 1 amide bonds. The van der Waals surface area contributed by atoms with E-state index in [4.69, 9.17) is 9.47 Å². The Morgan fingerprint density at radius 1 is 1.00 bits per heavy atom. The number of hydrogen-bond donors (Lipinski definition) is 1. The van der Waals surface area contributed by atoms with E-state index in [2.05, 4.69) is 31.3 Å². The molecule has 1 aliphatic rings. The first-order chi connectivity index (χ1) is 14.5. The molecule has 2 aromatic carbocycles. The lowest BCUT2D eigenvalue weighted by Crippen LogP contribution is -2.40. The number of aryl methyl sites for hydroxylation is 2. The molecule has 1 aliphatic carbocycles. The van der Waals surface area contributed by atoms with Crippen LogP contribution >= 0.6 is 0 Å². The average Bonchev–Trinajstić information content (AvgIpc) is 2.76. The number of ether oxygens (including phenoxy) is 2. The van der Waals surface area contributed by atoms with Crippen molar-refractivity contribution in [3.63, 3.8) is 0 Å². The molecule has 2 unspecified atom stereocenters. The molecule has 3 rings (SSSR count). The van der Waals surface area contributed by atoms with Gasteiger partial charge in [0.05, 0.1) is 13.2 Å². The maximum atomic E-state index is 13.1. The molecule has 4 heteroatoms. The van der Waals surface area contributed by atoms with E-state index in [9.17, 15) is 4.79 Å². The van der Waals surface area contributed by atoms with Gasteiger partial charge in [0, 0.05) is 0 Å². The number of hydrogen-bond acceptors (Lipinski definition) is 3. The Kier molecular flexibility index (Phi) is 7.78. The third kappa shape index (κ3) is 5.78. The number of amides is 1. The van der Waals surface area contributed by atoms with E-state index >= 15 is 0 Å². The highest BCUT2D eigenvalue weighted by Gasteiger charge is 2.24. The zero-order valence-corrected chi connectivity index (χ0v) is 18.7. The minimum atomic E-state index is -0.500. The highest BCUT2D eigenvalue weighted by atomic mass is 16.5. The maximum Gasteiger partial charge on any atom is 0.261 e. The van der Waals surface area contributed by atoms with Crippen LogP contribution in [0.3, 0.4) is 0 Å². The molecular formula is C26H35NO3. The van der Waals surface area contributed by atoms with Crippen LogP contribution in [0, 0.1) is 5.92 Å². The van der Waals surface area contributed by atoms with Gasteiger partial charge in [-0.3, -0.25) is 4.79 Å². The fraction of sp³-hybridized carbons (Fsp3) is 0.500. The molecule has 0 aromatic heterocycles. The molecule has 1 N–H and O–H groups in total. The molecule has 0 spiro atoms. The van der Waals surface area contributed by atoms with Crippen LogP contribution in [-0.4, -0.2) is 19.1 Å². The van der Waals surface area contributed by atoms with Crippen LogP contribution in [0.15, 0.2) is 42.5 Å². The quantitative estimate of drug-likeness (QED) is 0.583. The lowest BCUT2D eigenvalue weighted by atomic mass is 9.92. The van der Waals surface area contributed by atoms with E-state index in [0.717, 1.165) is 36.3 Å². The zero-order chi connectivity index (χ0) is 21.5. The van der Waals surface area contributed by atoms with Gasteiger partial charge in [-0.05, 0) is 85.4 Å². The van der Waals surface area contributed by atoms with Crippen LogP contribution in [0.5, 0.6) is 11.5 Å². The maximum absolute atomic E-state index is 13.1. The van der Waals surface area contributed by atoms with Gasteiger partial charge >= 0.3 is 0 Å². The number of carbonyl (C=O) groups excluding carboxylic acids is 1. The molecule has 0 heterocycles. The predicted molar refractivity (Wildman–Crippen MR) is 121 cm³/mol. The smallest absolute Gasteiger partial charge is 0.261 e. The van der Waals surface area contributed by atoms with Gasteiger partial charge in [0.2, 0.25) is 0 Å². The molecule has 4 nitrogen and oxygen atoms in total. The Labute approximate surface area is 181 Å². The molecule has 0 fully saturated rings. The molecule has 2 aromatic rings. The molecular weight excluding hydrogens is 374 g/mol. The van der Waals surface area contributed by atoms with Crippen LogP contribution in [0.4, 0.5) is 0 Å². The Hall–Kier alpha value is -2.49. The van der Waals surface area contributed by atoms with E-state index in [1.165, 1.54) is 24.0 Å². The van der Waals surface area contributed by atoms with Crippen molar-refractivity contribution in [2.45, 2.75) is 71.4 Å². The summed E-state index contributed by atoms with van der Waals surface area (Å²) in [5.74, 6) is 2.01. The van der Waals surface area contributed by atoms with Crippen LogP contribution in [0.1, 0.15) is 69.2 Å². The Morgan fingerprint density at radius 2 is 1.67 bits per heavy atom. The van der Waals surface area contributed by atoms with Crippen molar-refractivity contribution in [3.8, 4) is 11.5 Å². The second-order valence-corrected chi connectivity index (χ2v) is 8.62. The van der Waals surface area contributed by atoms with E-state index in [0.29, 0.717) is 12.3 Å². The highest BCUT2D eigenvalue weighted by molar-refractivity contribution is 5.81. The fourth-order valence-electron chi connectivity index (χ4n) is 4.12. The van der Waals surface area contributed by atoms with Crippen molar-refractivity contribution in [2.24, 2.45) is 5.92 Å². The highest BCUT2D eigenvalue weighted by Crippen LogP contribution is 2.27. The van der Waals surface area contributed by atoms with E-state index in [1.54, 1.807) is 7.11 Å². The monoisotopic (exact) mass is 409 g/mol. The SMILES string of the molecule is CCC(Oc1ccc2c(c1)CCCC2)C(=O)NC(CC(C)C)c1ccc(OC)cc1. The summed E-state index contributed by atoms with van der Waals surface area (Å²) in [7, 11) is 1.66. The predicted octanol–water partition coefficient (Wildman–Crippen LogP) is 5.64. The fourth-order valence-corrected chi connectivity index (χ4v) is 4.12. The van der Waals surface area contributed by atoms with Gasteiger partial charge in [0.1, 0.15) is 11.5 Å². The van der Waals surface area contributed by atoms with Crippen LogP contribution in [0.2, 0.25) is 0 Å². The summed E-state index contributed by atoms with van der Waals surface area (Å²) >= 11 is 0. The summed E-state index contributed by atoms with van der Waals surface area (Å²) in [5, 5.41) is 3.23. The minimum absolute atomic E-state index is 0.0513. The van der Waals surface area contributed by atoms with Gasteiger partial charge in [-0.1, -0.05) is 39.0 Å². The molecule has 0 bridgehead atoms. The third-order valence-corrected chi connectivity index (χ3v) is 5.80. The van der Waals surface area contributed by atoms with Gasteiger partial charge in [-0.25, -0.2) is 0 Å². The summed E-state index contributed by atoms with van der Waals surface area (Å²) in [6.07, 6.45) is 5.73. The zero-order valence-electron chi connectivity index (χ0n) is 18.7. The lowest BCUT2D eigenvalue weighted by molar-refractivity contribution is -0.129. The van der Waals surface area contributed by atoms with Crippen molar-refractivity contribution >= 4 is 5.91 Å². The number of nitrogens with one attached hydrogen (secondary N) is 1. The van der Waals surface area contributed by atoms with E-state index in [1.807, 2.05) is 37.3 Å². The second-order valence-electron chi connectivity index (χ2n) is 8.62. The first-order valence-corrected chi connectivity index (χ1v) is 11.2. The standard InChI is InChI=1S/C26H35NO3/c1-5-25(30-23-15-10-19-8-6-7-9-21(19)17-23)26(28)27-24(16-18(2)3)20-11-13-22(29-4)14-12-20/h10-15,17-18,24-25H,5-9,16H2,1-4H3,(H,27,28). The summed E-state index contributed by atoms with van der Waals surface area (Å²) in [6.45, 7) is 6.33. The molecule has 0 radical (unpaired) electrons. The summed E-state index contributed by atoms with van der Waals surface area (Å²) in [4.78, 5) is 13.1. The van der Waals surface area contributed by atoms with E-state index in [-0.39, 0.29) is 11.9 Å². The minimum Gasteiger partial charge on any atom is -0.497 e. The largest absolute Gasteiger partial charge is 0.497 e. The molecule has 0 saturated carbocycles. The van der Waals surface area contributed by atoms with E-state index < -0.39 is 6.10 Å². The lowest BCUT2D eigenvalue weighted by Gasteiger charge is -2.25. The van der Waals surface area contributed by atoms with Crippen LogP contribution in [0.25, 0.3) is 0 Å². The van der Waals surface area contributed by atoms with Gasteiger partial charge in [0.15, 0.2) is 6.10 Å². The average molecular weight is 410 g/mol. The Morgan fingerprint density at radius 3 is 2.30 bits per heavy atom. The number of fused-ring (bicyclic) bond motifs is 1. The van der Waals surface area contributed by atoms with Crippen LogP contribution < -0.4 is 14.8 Å². The molecule has 162 valence electrons. The summed E-state index contributed by atoms with van der Waals surface area (Å²) in [5.41, 5.74) is 3.87. The summed E-state index contributed by atoms with van der Waals surface area (Å²) < 4.78 is 11.4. The Bertz CT molecular complexity index is 829. The van der Waals surface area contributed by atoms with Crippen molar-refractivity contribution in [1.82, 2.24) is 5.32 Å². The van der Waals surface area contributed by atoms with Gasteiger partial charge in [-0.2, -0.15) is 0 Å². The van der Waals surface area contributed by atoms with Crippen molar-refractivity contribution in [3.05, 3.63) is 59.2 Å². The van der Waals surface area contributed by atoms with Gasteiger partial charge in [0.25, 0.3) is 5.91 Å². The number of rotatable bonds is 9. The molecule has 0 saturated heterocycles. The van der Waals surface area contributed by atoms with Gasteiger partial charge in [-0.15, -0.1) is 0 Å². The van der Waals surface area contributed by atoms with Crippen molar-refractivity contribution < 1.29 is 14.3 Å². The number of carbonyl (C=O) groups is 1. The van der Waals surface area contributed by atoms with Crippen LogP contribution in [-0.2, 0) is 17.6 Å².